The van der Waals surface area contributed by atoms with E-state index < -0.39 is 0 Å². The fourth-order valence-corrected chi connectivity index (χ4v) is 2.24. The van der Waals surface area contributed by atoms with Gasteiger partial charge >= 0.3 is 0 Å². The standard InChI is InChI=1S/C17H13N3O2/c1-12-9-16(21)20-8-4-7-15(17(20)19-12)22-11-14-6-3-2-5-13(14)10-18/h2-9H,11H2,1H3. The van der Waals surface area contributed by atoms with Crippen LogP contribution in [-0.4, -0.2) is 9.38 Å². The topological polar surface area (TPSA) is 67.4 Å². The van der Waals surface area contributed by atoms with Gasteiger partial charge in [-0.1, -0.05) is 18.2 Å². The van der Waals surface area contributed by atoms with Crippen molar-refractivity contribution in [3.63, 3.8) is 0 Å². The third-order valence-electron chi connectivity index (χ3n) is 3.30. The van der Waals surface area contributed by atoms with Gasteiger partial charge in [-0.25, -0.2) is 4.98 Å². The summed E-state index contributed by atoms with van der Waals surface area (Å²) in [4.78, 5) is 16.3. The zero-order valence-electron chi connectivity index (χ0n) is 12.0. The third kappa shape index (κ3) is 2.54. The molecule has 0 aliphatic heterocycles. The highest BCUT2D eigenvalue weighted by atomic mass is 16.5. The summed E-state index contributed by atoms with van der Waals surface area (Å²) < 4.78 is 7.23. The monoisotopic (exact) mass is 291 g/mol. The van der Waals surface area contributed by atoms with Crippen molar-refractivity contribution in [3.8, 4) is 11.8 Å². The molecule has 0 unspecified atom stereocenters. The highest BCUT2D eigenvalue weighted by Gasteiger charge is 2.08. The number of nitriles is 1. The molecule has 0 saturated heterocycles. The second-order valence-corrected chi connectivity index (χ2v) is 4.86. The summed E-state index contributed by atoms with van der Waals surface area (Å²) in [7, 11) is 0. The first-order chi connectivity index (χ1) is 10.7. The molecule has 0 aliphatic rings. The second kappa shape index (κ2) is 5.70. The number of aryl methyl sites for hydroxylation is 1. The molecule has 0 spiro atoms. The Labute approximate surface area is 127 Å². The summed E-state index contributed by atoms with van der Waals surface area (Å²) in [5.41, 5.74) is 2.33. The van der Waals surface area contributed by atoms with Crippen molar-refractivity contribution in [2.24, 2.45) is 0 Å². The number of benzene rings is 1. The lowest BCUT2D eigenvalue weighted by atomic mass is 10.1. The summed E-state index contributed by atoms with van der Waals surface area (Å²) in [6, 6.07) is 14.4. The van der Waals surface area contributed by atoms with Crippen LogP contribution >= 0.6 is 0 Å². The van der Waals surface area contributed by atoms with E-state index in [0.717, 1.165) is 5.56 Å². The van der Waals surface area contributed by atoms with E-state index in [4.69, 9.17) is 10.00 Å². The number of rotatable bonds is 3. The maximum atomic E-state index is 12.0. The van der Waals surface area contributed by atoms with Gasteiger partial charge < -0.3 is 4.74 Å². The molecular formula is C17H13N3O2. The van der Waals surface area contributed by atoms with Gasteiger partial charge in [-0.05, 0) is 25.1 Å². The molecule has 0 bridgehead atoms. The fraction of sp³-hybridized carbons (Fsp3) is 0.118. The van der Waals surface area contributed by atoms with Crippen LogP contribution in [0.3, 0.4) is 0 Å². The Hall–Kier alpha value is -3.13. The summed E-state index contributed by atoms with van der Waals surface area (Å²) in [6.07, 6.45) is 1.65. The van der Waals surface area contributed by atoms with Gasteiger partial charge in [0, 0.05) is 23.5 Å². The predicted molar refractivity (Wildman–Crippen MR) is 81.7 cm³/mol. The van der Waals surface area contributed by atoms with Crippen molar-refractivity contribution in [3.05, 3.63) is 75.8 Å². The van der Waals surface area contributed by atoms with Gasteiger partial charge in [-0.3, -0.25) is 9.20 Å². The molecule has 3 rings (SSSR count). The van der Waals surface area contributed by atoms with E-state index >= 15 is 0 Å². The number of fused-ring (bicyclic) bond motifs is 1. The Bertz CT molecular complexity index is 939. The predicted octanol–water partition coefficient (Wildman–Crippen LogP) is 2.45. The zero-order chi connectivity index (χ0) is 15.5. The molecule has 0 fully saturated rings. The highest BCUT2D eigenvalue weighted by molar-refractivity contribution is 5.53. The number of nitrogens with zero attached hydrogens (tertiary/aromatic N) is 3. The van der Waals surface area contributed by atoms with Crippen molar-refractivity contribution in [2.45, 2.75) is 13.5 Å². The quantitative estimate of drug-likeness (QED) is 0.743. The molecule has 0 aliphatic carbocycles. The number of hydrogen-bond donors (Lipinski definition) is 0. The largest absolute Gasteiger partial charge is 0.485 e. The van der Waals surface area contributed by atoms with Crippen molar-refractivity contribution in [1.82, 2.24) is 9.38 Å². The molecule has 0 saturated carbocycles. The lowest BCUT2D eigenvalue weighted by Crippen LogP contribution is -2.15. The van der Waals surface area contributed by atoms with Crippen LogP contribution in [0.5, 0.6) is 5.75 Å². The Morgan fingerprint density at radius 2 is 2.09 bits per heavy atom. The molecular weight excluding hydrogens is 278 g/mol. The minimum atomic E-state index is -0.148. The van der Waals surface area contributed by atoms with Crippen molar-refractivity contribution in [2.75, 3.05) is 0 Å². The highest BCUT2D eigenvalue weighted by Crippen LogP contribution is 2.19. The van der Waals surface area contributed by atoms with Gasteiger partial charge in [0.2, 0.25) is 0 Å². The minimum Gasteiger partial charge on any atom is -0.485 e. The first-order valence-electron chi connectivity index (χ1n) is 6.79. The van der Waals surface area contributed by atoms with E-state index in [9.17, 15) is 4.79 Å². The smallest absolute Gasteiger partial charge is 0.258 e. The molecule has 1 aromatic carbocycles. The number of aromatic nitrogens is 2. The van der Waals surface area contributed by atoms with E-state index in [2.05, 4.69) is 11.1 Å². The van der Waals surface area contributed by atoms with E-state index in [0.29, 0.717) is 22.7 Å². The van der Waals surface area contributed by atoms with Crippen LogP contribution in [0.4, 0.5) is 0 Å². The van der Waals surface area contributed by atoms with Gasteiger partial charge in [-0.2, -0.15) is 5.26 Å². The maximum Gasteiger partial charge on any atom is 0.258 e. The number of pyridine rings is 1. The van der Waals surface area contributed by atoms with Crippen molar-refractivity contribution >= 4 is 5.65 Å². The van der Waals surface area contributed by atoms with Gasteiger partial charge in [0.25, 0.3) is 5.56 Å². The fourth-order valence-electron chi connectivity index (χ4n) is 2.24. The van der Waals surface area contributed by atoms with Crippen molar-refractivity contribution < 1.29 is 4.74 Å². The average Bonchev–Trinajstić information content (AvgIpc) is 2.53. The molecule has 22 heavy (non-hydrogen) atoms. The van der Waals surface area contributed by atoms with E-state index in [-0.39, 0.29) is 12.2 Å². The van der Waals surface area contributed by atoms with Crippen LogP contribution in [0.25, 0.3) is 5.65 Å². The van der Waals surface area contributed by atoms with Gasteiger partial charge in [-0.15, -0.1) is 0 Å². The van der Waals surface area contributed by atoms with Gasteiger partial charge in [0.15, 0.2) is 11.4 Å². The van der Waals surface area contributed by atoms with Crippen LogP contribution in [0.2, 0.25) is 0 Å². The molecule has 0 radical (unpaired) electrons. The summed E-state index contributed by atoms with van der Waals surface area (Å²) >= 11 is 0. The summed E-state index contributed by atoms with van der Waals surface area (Å²) in [5, 5.41) is 9.10. The second-order valence-electron chi connectivity index (χ2n) is 4.86. The number of hydrogen-bond acceptors (Lipinski definition) is 4. The Balaban J connectivity index is 1.98. The van der Waals surface area contributed by atoms with Crippen LogP contribution in [0, 0.1) is 18.3 Å². The third-order valence-corrected chi connectivity index (χ3v) is 3.30. The number of ether oxygens (including phenoxy) is 1. The normalized spacial score (nSPS) is 10.4. The molecule has 3 aromatic rings. The van der Waals surface area contributed by atoms with Crippen LogP contribution in [0.1, 0.15) is 16.8 Å². The average molecular weight is 291 g/mol. The lowest BCUT2D eigenvalue weighted by molar-refractivity contribution is 0.307. The zero-order valence-corrected chi connectivity index (χ0v) is 12.0. The molecule has 2 heterocycles. The summed E-state index contributed by atoms with van der Waals surface area (Å²) in [5.74, 6) is 0.510. The van der Waals surface area contributed by atoms with Crippen LogP contribution in [-0.2, 0) is 6.61 Å². The Kier molecular flexibility index (Phi) is 3.58. The molecule has 5 nitrogen and oxygen atoms in total. The molecule has 0 atom stereocenters. The minimum absolute atomic E-state index is 0.148. The van der Waals surface area contributed by atoms with Crippen LogP contribution in [0.15, 0.2) is 53.5 Å². The van der Waals surface area contributed by atoms with Gasteiger partial charge in [0.1, 0.15) is 6.61 Å². The lowest BCUT2D eigenvalue weighted by Gasteiger charge is -2.10. The molecule has 108 valence electrons. The molecule has 0 amide bonds. The Morgan fingerprint density at radius 1 is 1.27 bits per heavy atom. The first kappa shape index (κ1) is 13.8. The van der Waals surface area contributed by atoms with Crippen LogP contribution < -0.4 is 10.3 Å². The SMILES string of the molecule is Cc1cc(=O)n2cccc(OCc3ccccc3C#N)c2n1. The molecule has 5 heteroatoms. The first-order valence-corrected chi connectivity index (χ1v) is 6.79. The van der Waals surface area contributed by atoms with E-state index in [1.807, 2.05) is 18.2 Å². The molecule has 2 aromatic heterocycles. The molecule has 0 N–H and O–H groups in total. The van der Waals surface area contributed by atoms with E-state index in [1.54, 1.807) is 31.3 Å². The van der Waals surface area contributed by atoms with Gasteiger partial charge in [0.05, 0.1) is 11.6 Å². The van der Waals surface area contributed by atoms with Crippen molar-refractivity contribution in [1.29, 1.82) is 5.26 Å². The van der Waals surface area contributed by atoms with E-state index in [1.165, 1.54) is 10.5 Å². The summed E-state index contributed by atoms with van der Waals surface area (Å²) in [6.45, 7) is 2.01. The maximum absolute atomic E-state index is 12.0. The Morgan fingerprint density at radius 3 is 2.91 bits per heavy atom.